The van der Waals surface area contributed by atoms with Crippen molar-refractivity contribution in [1.82, 2.24) is 30.0 Å². The molecular weight excluding hydrogens is 394 g/mol. The Morgan fingerprint density at radius 1 is 1.06 bits per heavy atom. The van der Waals surface area contributed by atoms with E-state index >= 15 is 0 Å². The van der Waals surface area contributed by atoms with E-state index in [9.17, 15) is 4.79 Å². The molecule has 2 aliphatic rings. The van der Waals surface area contributed by atoms with Crippen LogP contribution in [0.25, 0.3) is 11.3 Å². The van der Waals surface area contributed by atoms with Gasteiger partial charge in [0, 0.05) is 56.8 Å². The van der Waals surface area contributed by atoms with Gasteiger partial charge in [0.2, 0.25) is 5.95 Å². The number of rotatable bonds is 4. The van der Waals surface area contributed by atoms with E-state index in [2.05, 4.69) is 25.0 Å². The predicted molar refractivity (Wildman–Crippen MR) is 114 cm³/mol. The zero-order chi connectivity index (χ0) is 21.2. The third-order valence-electron chi connectivity index (χ3n) is 6.04. The summed E-state index contributed by atoms with van der Waals surface area (Å²) in [6.45, 7) is 5.19. The van der Waals surface area contributed by atoms with E-state index in [0.29, 0.717) is 24.5 Å². The summed E-state index contributed by atoms with van der Waals surface area (Å²) in [5, 5.41) is 4.04. The van der Waals surface area contributed by atoms with Crippen molar-refractivity contribution in [1.29, 1.82) is 0 Å². The first-order valence-electron chi connectivity index (χ1n) is 10.8. The van der Waals surface area contributed by atoms with E-state index in [-0.39, 0.29) is 11.8 Å². The summed E-state index contributed by atoms with van der Waals surface area (Å²) < 4.78 is 5.54. The predicted octanol–water partition coefficient (Wildman–Crippen LogP) is 2.85. The van der Waals surface area contributed by atoms with Crippen LogP contribution in [0.15, 0.2) is 35.4 Å². The lowest BCUT2D eigenvalue weighted by atomic mass is 9.90. The number of hydrogen-bond acceptors (Lipinski definition) is 8. The molecule has 0 N–H and O–H groups in total. The van der Waals surface area contributed by atoms with Gasteiger partial charge >= 0.3 is 0 Å². The van der Waals surface area contributed by atoms with Gasteiger partial charge in [0.25, 0.3) is 5.91 Å². The average molecular weight is 419 g/mol. The van der Waals surface area contributed by atoms with Crippen molar-refractivity contribution in [3.05, 3.63) is 47.9 Å². The average Bonchev–Trinajstić information content (AvgIpc) is 3.51. The molecule has 0 atom stereocenters. The number of piperidine rings is 1. The fourth-order valence-corrected chi connectivity index (χ4v) is 4.37. The molecule has 0 aromatic carbocycles. The van der Waals surface area contributed by atoms with Crippen LogP contribution in [0.1, 0.15) is 53.5 Å². The second kappa shape index (κ2) is 8.41. The number of anilines is 1. The largest absolute Gasteiger partial charge is 0.356 e. The maximum atomic E-state index is 12.7. The third-order valence-corrected chi connectivity index (χ3v) is 6.04. The quantitative estimate of drug-likeness (QED) is 0.636. The molecule has 5 rings (SSSR count). The van der Waals surface area contributed by atoms with E-state index in [1.807, 2.05) is 24.1 Å². The van der Waals surface area contributed by atoms with Gasteiger partial charge in [-0.05, 0) is 32.6 Å². The molecule has 2 saturated heterocycles. The molecule has 0 unspecified atom stereocenters. The SMILES string of the molecule is Cc1cc(-c2cnc(N3CCCC3)nc2C2CCN(C(=O)c3cnccn3)CC2)on1. The summed E-state index contributed by atoms with van der Waals surface area (Å²) >= 11 is 0. The Morgan fingerprint density at radius 3 is 2.55 bits per heavy atom. The first-order chi connectivity index (χ1) is 15.2. The van der Waals surface area contributed by atoms with Crippen LogP contribution < -0.4 is 4.90 Å². The lowest BCUT2D eigenvalue weighted by Gasteiger charge is -2.32. The van der Waals surface area contributed by atoms with Gasteiger partial charge in [-0.25, -0.2) is 15.0 Å². The second-order valence-electron chi connectivity index (χ2n) is 8.15. The monoisotopic (exact) mass is 419 g/mol. The van der Waals surface area contributed by atoms with Crippen molar-refractivity contribution in [2.75, 3.05) is 31.1 Å². The minimum Gasteiger partial charge on any atom is -0.356 e. The Morgan fingerprint density at radius 2 is 1.87 bits per heavy atom. The van der Waals surface area contributed by atoms with Crippen LogP contribution in [0, 0.1) is 6.92 Å². The maximum absolute atomic E-state index is 12.7. The maximum Gasteiger partial charge on any atom is 0.274 e. The summed E-state index contributed by atoms with van der Waals surface area (Å²) in [7, 11) is 0. The third kappa shape index (κ3) is 3.99. The van der Waals surface area contributed by atoms with Crippen LogP contribution in [-0.2, 0) is 0 Å². The van der Waals surface area contributed by atoms with E-state index in [1.54, 1.807) is 12.4 Å². The molecule has 0 aliphatic carbocycles. The molecular formula is C22H25N7O2. The molecule has 0 bridgehead atoms. The first-order valence-corrected chi connectivity index (χ1v) is 10.8. The highest BCUT2D eigenvalue weighted by Gasteiger charge is 2.29. The van der Waals surface area contributed by atoms with Gasteiger partial charge in [-0.3, -0.25) is 9.78 Å². The van der Waals surface area contributed by atoms with Gasteiger partial charge in [0.1, 0.15) is 5.69 Å². The van der Waals surface area contributed by atoms with Crippen LogP contribution >= 0.6 is 0 Å². The minimum atomic E-state index is -0.0712. The molecule has 0 spiro atoms. The van der Waals surface area contributed by atoms with Crippen LogP contribution in [0.2, 0.25) is 0 Å². The highest BCUT2D eigenvalue weighted by molar-refractivity contribution is 5.92. The number of aryl methyl sites for hydroxylation is 1. The highest BCUT2D eigenvalue weighted by Crippen LogP contribution is 2.35. The number of hydrogen-bond donors (Lipinski definition) is 0. The van der Waals surface area contributed by atoms with Gasteiger partial charge in [0.05, 0.1) is 23.1 Å². The molecule has 0 saturated carbocycles. The number of likely N-dealkylation sites (tertiary alicyclic amines) is 1. The summed E-state index contributed by atoms with van der Waals surface area (Å²) in [6, 6.07) is 1.92. The smallest absolute Gasteiger partial charge is 0.274 e. The number of carbonyl (C=O) groups excluding carboxylic acids is 1. The Labute approximate surface area is 180 Å². The van der Waals surface area contributed by atoms with Crippen LogP contribution in [-0.4, -0.2) is 62.1 Å². The summed E-state index contributed by atoms with van der Waals surface area (Å²) in [5.41, 5.74) is 3.09. The van der Waals surface area contributed by atoms with Crippen molar-refractivity contribution in [3.63, 3.8) is 0 Å². The zero-order valence-corrected chi connectivity index (χ0v) is 17.6. The van der Waals surface area contributed by atoms with Gasteiger partial charge in [-0.1, -0.05) is 5.16 Å². The van der Waals surface area contributed by atoms with Crippen molar-refractivity contribution >= 4 is 11.9 Å². The lowest BCUT2D eigenvalue weighted by Crippen LogP contribution is -2.38. The van der Waals surface area contributed by atoms with Gasteiger partial charge < -0.3 is 14.3 Å². The van der Waals surface area contributed by atoms with Crippen molar-refractivity contribution in [3.8, 4) is 11.3 Å². The molecule has 160 valence electrons. The Balaban J connectivity index is 1.39. The summed E-state index contributed by atoms with van der Waals surface area (Å²) in [4.78, 5) is 34.6. The normalized spacial score (nSPS) is 17.3. The molecule has 5 heterocycles. The topological polar surface area (TPSA) is 101 Å². The number of amides is 1. The molecule has 1 amide bonds. The standard InChI is InChI=1S/C22H25N7O2/c1-15-12-19(31-27-15)17-13-25-22(29-8-2-3-9-29)26-20(17)16-4-10-28(11-5-16)21(30)18-14-23-6-7-24-18/h6-7,12-14,16H,2-5,8-11H2,1H3. The van der Waals surface area contributed by atoms with Gasteiger partial charge in [0.15, 0.2) is 5.76 Å². The zero-order valence-electron chi connectivity index (χ0n) is 17.6. The van der Waals surface area contributed by atoms with Crippen molar-refractivity contribution < 1.29 is 9.32 Å². The Kier molecular flexibility index (Phi) is 5.31. The van der Waals surface area contributed by atoms with Crippen molar-refractivity contribution in [2.45, 2.75) is 38.5 Å². The Hall–Kier alpha value is -3.36. The van der Waals surface area contributed by atoms with Gasteiger partial charge in [-0.2, -0.15) is 0 Å². The number of carbonyl (C=O) groups is 1. The molecule has 0 radical (unpaired) electrons. The molecule has 31 heavy (non-hydrogen) atoms. The Bertz CT molecular complexity index is 1050. The van der Waals surface area contributed by atoms with Gasteiger partial charge in [-0.15, -0.1) is 0 Å². The van der Waals surface area contributed by atoms with E-state index in [1.165, 1.54) is 19.0 Å². The lowest BCUT2D eigenvalue weighted by molar-refractivity contribution is 0.0705. The van der Waals surface area contributed by atoms with Crippen molar-refractivity contribution in [2.24, 2.45) is 0 Å². The molecule has 9 heteroatoms. The summed E-state index contributed by atoms with van der Waals surface area (Å²) in [5.74, 6) is 1.62. The summed E-state index contributed by atoms with van der Waals surface area (Å²) in [6.07, 6.45) is 10.5. The van der Waals surface area contributed by atoms with Crippen LogP contribution in [0.4, 0.5) is 5.95 Å². The van der Waals surface area contributed by atoms with E-state index < -0.39 is 0 Å². The molecule has 3 aromatic heterocycles. The van der Waals surface area contributed by atoms with E-state index in [0.717, 1.165) is 48.8 Å². The van der Waals surface area contributed by atoms with E-state index in [4.69, 9.17) is 9.51 Å². The second-order valence-corrected chi connectivity index (χ2v) is 8.15. The molecule has 2 aliphatic heterocycles. The molecule has 2 fully saturated rings. The van der Waals surface area contributed by atoms with Crippen LogP contribution in [0.5, 0.6) is 0 Å². The fraction of sp³-hybridized carbons (Fsp3) is 0.455. The minimum absolute atomic E-state index is 0.0712. The molecule has 3 aromatic rings. The fourth-order valence-electron chi connectivity index (χ4n) is 4.37. The number of nitrogens with zero attached hydrogens (tertiary/aromatic N) is 7. The highest BCUT2D eigenvalue weighted by atomic mass is 16.5. The van der Waals surface area contributed by atoms with Crippen LogP contribution in [0.3, 0.4) is 0 Å². The number of aromatic nitrogens is 5. The first kappa shape index (κ1) is 19.6. The molecule has 9 nitrogen and oxygen atoms in total.